The van der Waals surface area contributed by atoms with Gasteiger partial charge >= 0.3 is 0 Å². The number of hydrogen-bond donors (Lipinski definition) is 1. The number of benzene rings is 1. The van der Waals surface area contributed by atoms with Gasteiger partial charge in [-0.2, -0.15) is 0 Å². The maximum absolute atomic E-state index is 12.7. The lowest BCUT2D eigenvalue weighted by Gasteiger charge is -2.03. The molecular formula is C13H17FN3+. The molecule has 2 rings (SSSR count). The molecule has 4 heteroatoms. The van der Waals surface area contributed by atoms with Gasteiger partial charge < -0.3 is 9.88 Å². The van der Waals surface area contributed by atoms with E-state index in [4.69, 9.17) is 0 Å². The monoisotopic (exact) mass is 234 g/mol. The van der Waals surface area contributed by atoms with Crippen molar-refractivity contribution in [1.29, 1.82) is 0 Å². The summed E-state index contributed by atoms with van der Waals surface area (Å²) in [6.45, 7) is 2.97. The Morgan fingerprint density at radius 1 is 1.24 bits per heavy atom. The zero-order valence-electron chi connectivity index (χ0n) is 9.72. The number of imidazole rings is 1. The summed E-state index contributed by atoms with van der Waals surface area (Å²) in [6, 6.07) is 6.69. The molecule has 0 aliphatic heterocycles. The van der Waals surface area contributed by atoms with Crippen LogP contribution in [-0.2, 0) is 13.1 Å². The van der Waals surface area contributed by atoms with Crippen molar-refractivity contribution in [2.45, 2.75) is 19.5 Å². The first kappa shape index (κ1) is 11.8. The van der Waals surface area contributed by atoms with Crippen molar-refractivity contribution in [2.24, 2.45) is 0 Å². The van der Waals surface area contributed by atoms with Gasteiger partial charge in [0.1, 0.15) is 12.4 Å². The average Bonchev–Trinajstić information content (AvgIpc) is 2.84. The maximum atomic E-state index is 12.7. The van der Waals surface area contributed by atoms with Gasteiger partial charge in [0.05, 0.1) is 12.9 Å². The molecule has 0 aliphatic carbocycles. The van der Waals surface area contributed by atoms with Crippen LogP contribution in [0.25, 0.3) is 0 Å². The highest BCUT2D eigenvalue weighted by molar-refractivity contribution is 5.14. The van der Waals surface area contributed by atoms with Crippen molar-refractivity contribution in [3.8, 4) is 0 Å². The number of halogens is 1. The predicted molar refractivity (Wildman–Crippen MR) is 63.7 cm³/mol. The quantitative estimate of drug-likeness (QED) is 0.748. The maximum Gasteiger partial charge on any atom is 0.123 e. The van der Waals surface area contributed by atoms with Crippen LogP contribution in [0.2, 0.25) is 0 Å². The molecule has 0 aliphatic rings. The molecule has 1 aromatic heterocycles. The standard InChI is InChI=1S/C13H16FN3/c14-13-4-2-12(3-5-13)10-15-6-1-8-17-9-7-16-11-17/h2-5,7,9,11,15H,1,6,8,10H2/p+1. The van der Waals surface area contributed by atoms with E-state index in [1.165, 1.54) is 12.1 Å². The minimum atomic E-state index is -0.172. The van der Waals surface area contributed by atoms with Crippen molar-refractivity contribution in [2.75, 3.05) is 6.54 Å². The van der Waals surface area contributed by atoms with Crippen LogP contribution in [0, 0.1) is 5.82 Å². The third-order valence-corrected chi connectivity index (χ3v) is 2.68. The third-order valence-electron chi connectivity index (χ3n) is 2.68. The number of nitrogens with zero attached hydrogens (tertiary/aromatic N) is 2. The van der Waals surface area contributed by atoms with Crippen molar-refractivity contribution in [3.05, 3.63) is 54.4 Å². The second-order valence-corrected chi connectivity index (χ2v) is 4.06. The number of rotatable bonds is 6. The minimum absolute atomic E-state index is 0.172. The molecule has 0 spiro atoms. The van der Waals surface area contributed by atoms with Gasteiger partial charge in [-0.25, -0.2) is 9.37 Å². The zero-order valence-corrected chi connectivity index (χ0v) is 9.72. The van der Waals surface area contributed by atoms with Gasteiger partial charge in [0.25, 0.3) is 0 Å². The summed E-state index contributed by atoms with van der Waals surface area (Å²) >= 11 is 0. The van der Waals surface area contributed by atoms with Crippen LogP contribution in [0.4, 0.5) is 4.39 Å². The lowest BCUT2D eigenvalue weighted by atomic mass is 10.2. The van der Waals surface area contributed by atoms with Crippen molar-refractivity contribution in [3.63, 3.8) is 0 Å². The van der Waals surface area contributed by atoms with Gasteiger partial charge in [0, 0.05) is 30.9 Å². The van der Waals surface area contributed by atoms with E-state index in [9.17, 15) is 4.39 Å². The van der Waals surface area contributed by atoms with E-state index in [1.54, 1.807) is 6.20 Å². The SMILES string of the molecule is Fc1ccc(C[NH2+]CCCn2ccnc2)cc1. The number of hydrogen-bond acceptors (Lipinski definition) is 1. The molecule has 0 fully saturated rings. The normalized spacial score (nSPS) is 10.6. The highest BCUT2D eigenvalue weighted by Crippen LogP contribution is 2.00. The fraction of sp³-hybridized carbons (Fsp3) is 0.308. The van der Waals surface area contributed by atoms with Crippen molar-refractivity contribution >= 4 is 0 Å². The van der Waals surface area contributed by atoms with E-state index in [-0.39, 0.29) is 5.82 Å². The molecule has 0 unspecified atom stereocenters. The summed E-state index contributed by atoms with van der Waals surface area (Å²) in [4.78, 5) is 3.99. The fourth-order valence-corrected chi connectivity index (χ4v) is 1.73. The first-order valence-electron chi connectivity index (χ1n) is 5.86. The second-order valence-electron chi connectivity index (χ2n) is 4.06. The predicted octanol–water partition coefficient (Wildman–Crippen LogP) is 1.18. The van der Waals surface area contributed by atoms with Gasteiger partial charge in [-0.3, -0.25) is 0 Å². The van der Waals surface area contributed by atoms with Gasteiger partial charge in [0.2, 0.25) is 0 Å². The van der Waals surface area contributed by atoms with Crippen molar-refractivity contribution in [1.82, 2.24) is 9.55 Å². The largest absolute Gasteiger partial charge is 0.342 e. The Bertz CT molecular complexity index is 422. The molecule has 2 aromatic rings. The molecule has 17 heavy (non-hydrogen) atoms. The number of nitrogens with two attached hydrogens (primary N) is 1. The molecule has 2 N–H and O–H groups in total. The van der Waals surface area contributed by atoms with Crippen LogP contribution in [0.1, 0.15) is 12.0 Å². The second kappa shape index (κ2) is 6.15. The molecular weight excluding hydrogens is 217 g/mol. The van der Waals surface area contributed by atoms with Crippen LogP contribution < -0.4 is 5.32 Å². The van der Waals surface area contributed by atoms with Gasteiger partial charge in [-0.15, -0.1) is 0 Å². The van der Waals surface area contributed by atoms with Crippen LogP contribution in [0.3, 0.4) is 0 Å². The Balaban J connectivity index is 1.61. The zero-order chi connectivity index (χ0) is 11.9. The number of aromatic nitrogens is 2. The van der Waals surface area contributed by atoms with E-state index in [0.717, 1.165) is 31.6 Å². The summed E-state index contributed by atoms with van der Waals surface area (Å²) in [5.41, 5.74) is 1.16. The van der Waals surface area contributed by atoms with Gasteiger partial charge in [-0.05, 0) is 12.1 Å². The van der Waals surface area contributed by atoms with Crippen molar-refractivity contribution < 1.29 is 9.71 Å². The summed E-state index contributed by atoms with van der Waals surface area (Å²) in [5.74, 6) is -0.172. The van der Waals surface area contributed by atoms with E-state index in [1.807, 2.05) is 24.7 Å². The molecule has 0 atom stereocenters. The molecule has 90 valence electrons. The van der Waals surface area contributed by atoms with E-state index in [0.29, 0.717) is 0 Å². The topological polar surface area (TPSA) is 34.4 Å². The summed E-state index contributed by atoms with van der Waals surface area (Å²) in [7, 11) is 0. The molecule has 0 radical (unpaired) electrons. The van der Waals surface area contributed by atoms with Gasteiger partial charge in [-0.1, -0.05) is 12.1 Å². The van der Waals surface area contributed by atoms with Crippen LogP contribution in [-0.4, -0.2) is 16.1 Å². The Labute approximate surface area is 100 Å². The number of quaternary nitrogens is 1. The molecule has 0 amide bonds. The smallest absolute Gasteiger partial charge is 0.123 e. The molecule has 1 aromatic carbocycles. The Morgan fingerprint density at radius 2 is 2.06 bits per heavy atom. The molecule has 3 nitrogen and oxygen atoms in total. The van der Waals surface area contributed by atoms with E-state index >= 15 is 0 Å². The Kier molecular flexibility index (Phi) is 4.27. The number of aryl methyl sites for hydroxylation is 1. The first-order chi connectivity index (χ1) is 8.34. The molecule has 0 saturated heterocycles. The molecule has 0 bridgehead atoms. The Morgan fingerprint density at radius 3 is 2.76 bits per heavy atom. The summed E-state index contributed by atoms with van der Waals surface area (Å²) in [5, 5.41) is 2.24. The average molecular weight is 234 g/mol. The molecule has 1 heterocycles. The highest BCUT2D eigenvalue weighted by Gasteiger charge is 1.97. The van der Waals surface area contributed by atoms with Gasteiger partial charge in [0.15, 0.2) is 0 Å². The van der Waals surface area contributed by atoms with E-state index < -0.39 is 0 Å². The lowest BCUT2D eigenvalue weighted by molar-refractivity contribution is -0.671. The Hall–Kier alpha value is -1.68. The lowest BCUT2D eigenvalue weighted by Crippen LogP contribution is -2.82. The molecule has 0 saturated carbocycles. The summed E-state index contributed by atoms with van der Waals surface area (Å²) < 4.78 is 14.7. The fourth-order valence-electron chi connectivity index (χ4n) is 1.73. The van der Waals surface area contributed by atoms with Crippen LogP contribution in [0.5, 0.6) is 0 Å². The third kappa shape index (κ3) is 4.00. The van der Waals surface area contributed by atoms with Crippen LogP contribution in [0.15, 0.2) is 43.0 Å². The van der Waals surface area contributed by atoms with Crippen LogP contribution >= 0.6 is 0 Å². The van der Waals surface area contributed by atoms with E-state index in [2.05, 4.69) is 14.9 Å². The highest BCUT2D eigenvalue weighted by atomic mass is 19.1. The minimum Gasteiger partial charge on any atom is -0.342 e. The summed E-state index contributed by atoms with van der Waals surface area (Å²) in [6.07, 6.45) is 6.71. The first-order valence-corrected chi connectivity index (χ1v) is 5.86.